The average Bonchev–Trinajstić information content (AvgIpc) is 3.75. The lowest BCUT2D eigenvalue weighted by Gasteiger charge is -2.16. The zero-order valence-corrected chi connectivity index (χ0v) is 30.6. The number of hydrogen-bond acceptors (Lipinski definition) is 1. The van der Waals surface area contributed by atoms with Gasteiger partial charge in [-0.3, -0.25) is 0 Å². The minimum absolute atomic E-state index is 1.03. The Balaban J connectivity index is 1.40. The summed E-state index contributed by atoms with van der Waals surface area (Å²) in [6.45, 7) is 8.12. The van der Waals surface area contributed by atoms with E-state index in [4.69, 9.17) is 0 Å². The van der Waals surface area contributed by atoms with Gasteiger partial charge in [0.1, 0.15) is 0 Å². The van der Waals surface area contributed by atoms with E-state index in [0.29, 0.717) is 0 Å². The molecule has 0 saturated heterocycles. The van der Waals surface area contributed by atoms with Crippen LogP contribution >= 0.6 is 11.3 Å². The number of nitrogens with zero attached hydrogens (tertiary/aromatic N) is 1. The minimum atomic E-state index is 1.03. The van der Waals surface area contributed by atoms with Crippen LogP contribution < -0.4 is 0 Å². The van der Waals surface area contributed by atoms with Gasteiger partial charge in [0.05, 0.1) is 11.0 Å². The van der Waals surface area contributed by atoms with Gasteiger partial charge in [-0.25, -0.2) is 0 Å². The number of benzene rings is 7. The molecule has 9 rings (SSSR count). The van der Waals surface area contributed by atoms with Gasteiger partial charge in [0.2, 0.25) is 0 Å². The second-order valence-electron chi connectivity index (χ2n) is 13.4. The van der Waals surface area contributed by atoms with Crippen LogP contribution in [0.1, 0.15) is 5.56 Å². The zero-order valence-electron chi connectivity index (χ0n) is 29.8. The highest BCUT2D eigenvalue weighted by atomic mass is 32.1. The Bertz CT molecular complexity index is 2940. The molecule has 0 bridgehead atoms. The Hall–Kier alpha value is -6.74. The molecular formula is C52H37NS. The molecule has 0 radical (unpaired) electrons. The summed E-state index contributed by atoms with van der Waals surface area (Å²) in [7, 11) is 0. The number of allylic oxidation sites excluding steroid dienone is 4. The Morgan fingerprint density at radius 3 is 1.48 bits per heavy atom. The molecule has 0 amide bonds. The van der Waals surface area contributed by atoms with Gasteiger partial charge in [0, 0.05) is 26.2 Å². The standard InChI is InChI=1S/C52H37NS/c1-3-15-36(4-2)40-26-30-49-47(34-40)45-22-13-11-20-43(45)44-21-12-14-23-46(44)48-35-41(37-16-7-5-8-17-37)27-31-50(48)53(49)42-28-24-39(25-29-42)52-33-32-51(54-52)38-18-9-6-10-19-38/h3-35H,1-2H2/b36-15+. The molecule has 2 aromatic heterocycles. The van der Waals surface area contributed by atoms with Crippen LogP contribution in [0.15, 0.2) is 213 Å². The molecule has 0 aliphatic heterocycles. The second kappa shape index (κ2) is 14.4. The molecule has 54 heavy (non-hydrogen) atoms. The lowest BCUT2D eigenvalue weighted by atomic mass is 9.98. The summed E-state index contributed by atoms with van der Waals surface area (Å²) in [5.74, 6) is 0. The fourth-order valence-electron chi connectivity index (χ4n) is 7.63. The van der Waals surface area contributed by atoms with Crippen molar-refractivity contribution in [2.24, 2.45) is 0 Å². The Kier molecular flexibility index (Phi) is 8.80. The van der Waals surface area contributed by atoms with Crippen LogP contribution in [-0.2, 0) is 0 Å². The van der Waals surface area contributed by atoms with Gasteiger partial charge in [-0.1, -0.05) is 165 Å². The Morgan fingerprint density at radius 2 is 0.907 bits per heavy atom. The molecule has 0 spiro atoms. The van der Waals surface area contributed by atoms with Crippen molar-refractivity contribution in [3.63, 3.8) is 0 Å². The van der Waals surface area contributed by atoms with E-state index >= 15 is 0 Å². The molecule has 256 valence electrons. The van der Waals surface area contributed by atoms with Gasteiger partial charge in [0.15, 0.2) is 0 Å². The largest absolute Gasteiger partial charge is 0.309 e. The maximum absolute atomic E-state index is 4.14. The van der Waals surface area contributed by atoms with Crippen molar-refractivity contribution in [2.75, 3.05) is 0 Å². The monoisotopic (exact) mass is 707 g/mol. The van der Waals surface area contributed by atoms with Gasteiger partial charge < -0.3 is 4.57 Å². The summed E-state index contributed by atoms with van der Waals surface area (Å²) in [5, 5.41) is 7.08. The molecule has 2 heterocycles. The topological polar surface area (TPSA) is 4.93 Å². The second-order valence-corrected chi connectivity index (χ2v) is 14.5. The Labute approximate surface area is 320 Å². The molecule has 0 atom stereocenters. The van der Waals surface area contributed by atoms with Gasteiger partial charge >= 0.3 is 0 Å². The first-order valence-electron chi connectivity index (χ1n) is 18.2. The number of thiophene rings is 1. The maximum atomic E-state index is 4.14. The van der Waals surface area contributed by atoms with Gasteiger partial charge in [-0.15, -0.1) is 11.3 Å². The van der Waals surface area contributed by atoms with Crippen molar-refractivity contribution in [3.05, 3.63) is 219 Å². The first-order valence-corrected chi connectivity index (χ1v) is 19.1. The molecule has 7 aromatic carbocycles. The third kappa shape index (κ3) is 6.03. The predicted octanol–water partition coefficient (Wildman–Crippen LogP) is 15.0. The summed E-state index contributed by atoms with van der Waals surface area (Å²) in [6, 6.07) is 66.2. The highest BCUT2D eigenvalue weighted by Gasteiger charge is 2.14. The minimum Gasteiger partial charge on any atom is -0.309 e. The first-order chi connectivity index (χ1) is 26.7. The fourth-order valence-corrected chi connectivity index (χ4v) is 8.65. The summed E-state index contributed by atoms with van der Waals surface area (Å²) >= 11 is 1.83. The Morgan fingerprint density at radius 1 is 0.426 bits per heavy atom. The lowest BCUT2D eigenvalue weighted by molar-refractivity contribution is 1.17. The van der Waals surface area contributed by atoms with Crippen molar-refractivity contribution < 1.29 is 0 Å². The highest BCUT2D eigenvalue weighted by Crippen LogP contribution is 2.38. The average molecular weight is 708 g/mol. The maximum Gasteiger partial charge on any atom is 0.0540 e. The van der Waals surface area contributed by atoms with E-state index in [1.807, 2.05) is 29.6 Å². The summed E-state index contributed by atoms with van der Waals surface area (Å²) < 4.78 is 2.44. The third-order valence-corrected chi connectivity index (χ3v) is 11.4. The van der Waals surface area contributed by atoms with Crippen molar-refractivity contribution in [2.45, 2.75) is 0 Å². The first kappa shape index (κ1) is 33.1. The van der Waals surface area contributed by atoms with Crippen LogP contribution in [0.2, 0.25) is 0 Å². The van der Waals surface area contributed by atoms with Crippen molar-refractivity contribution in [1.82, 2.24) is 4.57 Å². The predicted molar refractivity (Wildman–Crippen MR) is 236 cm³/mol. The van der Waals surface area contributed by atoms with Crippen molar-refractivity contribution >= 4 is 60.3 Å². The molecule has 0 N–H and O–H groups in total. The van der Waals surface area contributed by atoms with Crippen LogP contribution in [0, 0.1) is 0 Å². The normalized spacial score (nSPS) is 11.6. The SMILES string of the molecule is C=C/C=C(\C=C)c1ccc2c(c1)c1ccccc1c1ccccc1c1cc(-c3ccccc3)ccc1n2-c1ccc(-c2ccc(-c3ccccc3)s2)cc1. The smallest absolute Gasteiger partial charge is 0.0540 e. The van der Waals surface area contributed by atoms with Crippen LogP contribution in [0.3, 0.4) is 0 Å². The van der Waals surface area contributed by atoms with E-state index in [0.717, 1.165) is 33.2 Å². The molecule has 2 heteroatoms. The van der Waals surface area contributed by atoms with Crippen LogP contribution in [0.4, 0.5) is 0 Å². The van der Waals surface area contributed by atoms with E-state index < -0.39 is 0 Å². The molecular weight excluding hydrogens is 671 g/mol. The van der Waals surface area contributed by atoms with Gasteiger partial charge in [-0.2, -0.15) is 0 Å². The molecule has 9 aromatic rings. The van der Waals surface area contributed by atoms with Crippen molar-refractivity contribution in [1.29, 1.82) is 0 Å². The highest BCUT2D eigenvalue weighted by molar-refractivity contribution is 7.18. The molecule has 0 fully saturated rings. The van der Waals surface area contributed by atoms with E-state index in [2.05, 4.69) is 200 Å². The molecule has 1 nitrogen and oxygen atoms in total. The van der Waals surface area contributed by atoms with Crippen LogP contribution in [0.25, 0.3) is 86.6 Å². The van der Waals surface area contributed by atoms with E-state index in [9.17, 15) is 0 Å². The molecule has 0 unspecified atom stereocenters. The van der Waals surface area contributed by atoms with E-state index in [1.165, 1.54) is 58.9 Å². The number of aromatic nitrogens is 1. The molecule has 0 saturated carbocycles. The molecule has 0 aliphatic rings. The van der Waals surface area contributed by atoms with Crippen LogP contribution in [-0.4, -0.2) is 4.57 Å². The fraction of sp³-hybridized carbons (Fsp3) is 0. The number of rotatable bonds is 7. The molecule has 0 aliphatic carbocycles. The zero-order chi connectivity index (χ0) is 36.4. The number of fused-ring (bicyclic) bond motifs is 7. The van der Waals surface area contributed by atoms with E-state index in [1.54, 1.807) is 0 Å². The summed E-state index contributed by atoms with van der Waals surface area (Å²) in [4.78, 5) is 2.51. The van der Waals surface area contributed by atoms with Gasteiger partial charge in [-0.05, 0) is 103 Å². The van der Waals surface area contributed by atoms with E-state index in [-0.39, 0.29) is 0 Å². The number of hydrogen-bond donors (Lipinski definition) is 0. The summed E-state index contributed by atoms with van der Waals surface area (Å²) in [5.41, 5.74) is 10.2. The van der Waals surface area contributed by atoms with Crippen LogP contribution in [0.5, 0.6) is 0 Å². The summed E-state index contributed by atoms with van der Waals surface area (Å²) in [6.07, 6.45) is 5.76. The van der Waals surface area contributed by atoms with Crippen molar-refractivity contribution in [3.8, 4) is 37.7 Å². The lowest BCUT2D eigenvalue weighted by Crippen LogP contribution is -1.99. The van der Waals surface area contributed by atoms with Gasteiger partial charge in [0.25, 0.3) is 0 Å². The quantitative estimate of drug-likeness (QED) is 0.145. The third-order valence-electron chi connectivity index (χ3n) is 10.2.